The molecule has 0 unspecified atom stereocenters. The summed E-state index contributed by atoms with van der Waals surface area (Å²) in [5.41, 5.74) is 2.81. The lowest BCUT2D eigenvalue weighted by Gasteiger charge is -2.13. The number of para-hydroxylation sites is 1. The van der Waals surface area contributed by atoms with Gasteiger partial charge in [-0.05, 0) is 55.9 Å². The average molecular weight is 471 g/mol. The number of amides is 1. The first-order chi connectivity index (χ1) is 15.4. The number of halogens is 1. The van der Waals surface area contributed by atoms with E-state index in [4.69, 9.17) is 11.6 Å². The SMILES string of the molecule is O=C(Cn1cc(S(=O)(=O)Cc2ccc(Cl)cc2)c2ccccc21)NCCC1=CCCCC1. The van der Waals surface area contributed by atoms with Gasteiger partial charge in [0.1, 0.15) is 6.54 Å². The molecule has 0 atom stereocenters. The zero-order valence-corrected chi connectivity index (χ0v) is 19.5. The maximum Gasteiger partial charge on any atom is 0.239 e. The number of nitrogens with one attached hydrogen (secondary N) is 1. The van der Waals surface area contributed by atoms with Crippen LogP contribution in [0.1, 0.15) is 37.7 Å². The van der Waals surface area contributed by atoms with Crippen LogP contribution in [0.3, 0.4) is 0 Å². The van der Waals surface area contributed by atoms with E-state index in [2.05, 4.69) is 11.4 Å². The fourth-order valence-electron chi connectivity index (χ4n) is 4.17. The summed E-state index contributed by atoms with van der Waals surface area (Å²) < 4.78 is 28.1. The molecule has 1 heterocycles. The van der Waals surface area contributed by atoms with Gasteiger partial charge >= 0.3 is 0 Å². The lowest BCUT2D eigenvalue weighted by Crippen LogP contribution is -2.28. The van der Waals surface area contributed by atoms with Gasteiger partial charge in [0, 0.05) is 28.7 Å². The monoisotopic (exact) mass is 470 g/mol. The van der Waals surface area contributed by atoms with Crippen molar-refractivity contribution in [1.82, 2.24) is 9.88 Å². The fraction of sp³-hybridized carbons (Fsp3) is 0.320. The van der Waals surface area contributed by atoms with Crippen molar-refractivity contribution in [2.24, 2.45) is 0 Å². The van der Waals surface area contributed by atoms with Crippen LogP contribution in [0.25, 0.3) is 10.9 Å². The molecule has 0 radical (unpaired) electrons. The molecule has 0 aliphatic heterocycles. The van der Waals surface area contributed by atoms with Crippen molar-refractivity contribution in [1.29, 1.82) is 0 Å². The molecular formula is C25H27ClN2O3S. The second-order valence-corrected chi connectivity index (χ2v) is 10.6. The van der Waals surface area contributed by atoms with Gasteiger partial charge in [0.15, 0.2) is 9.84 Å². The van der Waals surface area contributed by atoms with Crippen LogP contribution < -0.4 is 5.32 Å². The van der Waals surface area contributed by atoms with Gasteiger partial charge in [0.05, 0.1) is 10.6 Å². The maximum atomic E-state index is 13.2. The Bertz CT molecular complexity index is 1240. The highest BCUT2D eigenvalue weighted by Gasteiger charge is 2.22. The van der Waals surface area contributed by atoms with Crippen LogP contribution in [0.2, 0.25) is 5.02 Å². The van der Waals surface area contributed by atoms with Crippen LogP contribution in [-0.4, -0.2) is 25.4 Å². The van der Waals surface area contributed by atoms with E-state index in [0.717, 1.165) is 24.8 Å². The number of rotatable bonds is 8. The van der Waals surface area contributed by atoms with Gasteiger partial charge in [0.25, 0.3) is 0 Å². The number of hydrogen-bond acceptors (Lipinski definition) is 3. The third kappa shape index (κ3) is 5.43. The molecule has 3 aromatic rings. The molecular weight excluding hydrogens is 444 g/mol. The van der Waals surface area contributed by atoms with E-state index in [1.165, 1.54) is 18.4 Å². The molecule has 1 aliphatic carbocycles. The van der Waals surface area contributed by atoms with Crippen molar-refractivity contribution >= 4 is 38.2 Å². The van der Waals surface area contributed by atoms with Crippen LogP contribution in [0.15, 0.2) is 71.3 Å². The minimum Gasteiger partial charge on any atom is -0.354 e. The van der Waals surface area contributed by atoms with Gasteiger partial charge in [-0.15, -0.1) is 0 Å². The Balaban J connectivity index is 1.50. The molecule has 1 aromatic heterocycles. The minimum absolute atomic E-state index is 0.0794. The minimum atomic E-state index is -3.60. The number of fused-ring (bicyclic) bond motifs is 1. The zero-order chi connectivity index (χ0) is 22.6. The Morgan fingerprint density at radius 3 is 2.59 bits per heavy atom. The van der Waals surface area contributed by atoms with Crippen molar-refractivity contribution in [3.63, 3.8) is 0 Å². The van der Waals surface area contributed by atoms with Crippen molar-refractivity contribution in [3.8, 4) is 0 Å². The molecule has 1 N–H and O–H groups in total. The molecule has 7 heteroatoms. The summed E-state index contributed by atoms with van der Waals surface area (Å²) in [5, 5.41) is 4.16. The predicted molar refractivity (Wildman–Crippen MR) is 128 cm³/mol. The fourth-order valence-corrected chi connectivity index (χ4v) is 5.88. The Labute approximate surface area is 194 Å². The lowest BCUT2D eigenvalue weighted by molar-refractivity contribution is -0.121. The number of carbonyl (C=O) groups excluding carboxylic acids is 1. The van der Waals surface area contributed by atoms with E-state index >= 15 is 0 Å². The first-order valence-electron chi connectivity index (χ1n) is 10.9. The number of benzene rings is 2. The van der Waals surface area contributed by atoms with Gasteiger partial charge in [0.2, 0.25) is 5.91 Å². The van der Waals surface area contributed by atoms with E-state index in [-0.39, 0.29) is 23.1 Å². The van der Waals surface area contributed by atoms with E-state index in [1.807, 2.05) is 18.2 Å². The average Bonchev–Trinajstić information content (AvgIpc) is 3.15. The second kappa shape index (κ2) is 9.92. The number of aromatic nitrogens is 1. The molecule has 1 amide bonds. The smallest absolute Gasteiger partial charge is 0.239 e. The summed E-state index contributed by atoms with van der Waals surface area (Å²) in [5.74, 6) is -0.247. The molecule has 0 spiro atoms. The first-order valence-corrected chi connectivity index (χ1v) is 12.9. The van der Waals surface area contributed by atoms with Crippen molar-refractivity contribution < 1.29 is 13.2 Å². The van der Waals surface area contributed by atoms with E-state index in [0.29, 0.717) is 22.5 Å². The summed E-state index contributed by atoms with van der Waals surface area (Å²) in [6.07, 6.45) is 9.46. The number of nitrogens with zero attached hydrogens (tertiary/aromatic N) is 1. The lowest BCUT2D eigenvalue weighted by atomic mass is 9.97. The van der Waals surface area contributed by atoms with Gasteiger partial charge < -0.3 is 9.88 Å². The molecule has 1 aliphatic rings. The number of carbonyl (C=O) groups is 1. The topological polar surface area (TPSA) is 68.2 Å². The Hall–Kier alpha value is -2.57. The largest absolute Gasteiger partial charge is 0.354 e. The highest BCUT2D eigenvalue weighted by Crippen LogP contribution is 2.28. The van der Waals surface area contributed by atoms with Crippen LogP contribution in [0.4, 0.5) is 0 Å². The second-order valence-electron chi connectivity index (χ2n) is 8.23. The molecule has 2 aromatic carbocycles. The van der Waals surface area contributed by atoms with Crippen LogP contribution in [0, 0.1) is 0 Å². The first kappa shape index (κ1) is 22.6. The number of hydrogen-bond donors (Lipinski definition) is 1. The molecule has 4 rings (SSSR count). The summed E-state index contributed by atoms with van der Waals surface area (Å²) in [7, 11) is -3.60. The van der Waals surface area contributed by atoms with E-state index in [9.17, 15) is 13.2 Å². The molecule has 168 valence electrons. The quantitative estimate of drug-likeness (QED) is 0.455. The normalized spacial score (nSPS) is 14.3. The number of sulfone groups is 1. The van der Waals surface area contributed by atoms with Crippen molar-refractivity contribution in [2.45, 2.75) is 49.3 Å². The standard InChI is InChI=1S/C25H27ClN2O3S/c26-21-12-10-20(11-13-21)18-32(30,31)24-16-28(23-9-5-4-8-22(23)24)17-25(29)27-15-14-19-6-2-1-3-7-19/h4-6,8-13,16H,1-3,7,14-15,17-18H2,(H,27,29). The van der Waals surface area contributed by atoms with E-state index in [1.54, 1.807) is 41.1 Å². The third-order valence-corrected chi connectivity index (χ3v) is 7.79. The molecule has 32 heavy (non-hydrogen) atoms. The molecule has 0 bridgehead atoms. The van der Waals surface area contributed by atoms with Crippen LogP contribution >= 0.6 is 11.6 Å². The Morgan fingerprint density at radius 1 is 1.06 bits per heavy atom. The van der Waals surface area contributed by atoms with Crippen LogP contribution in [-0.2, 0) is 26.9 Å². The highest BCUT2D eigenvalue weighted by atomic mass is 35.5. The highest BCUT2D eigenvalue weighted by molar-refractivity contribution is 7.90. The summed E-state index contributed by atoms with van der Waals surface area (Å²) in [4.78, 5) is 12.8. The van der Waals surface area contributed by atoms with Crippen molar-refractivity contribution in [2.75, 3.05) is 6.54 Å². The maximum absolute atomic E-state index is 13.2. The van der Waals surface area contributed by atoms with E-state index < -0.39 is 9.84 Å². The summed E-state index contributed by atoms with van der Waals surface area (Å²) >= 11 is 5.92. The number of allylic oxidation sites excluding steroid dienone is 1. The molecule has 0 saturated heterocycles. The van der Waals surface area contributed by atoms with Crippen LogP contribution in [0.5, 0.6) is 0 Å². The summed E-state index contributed by atoms with van der Waals surface area (Å²) in [6, 6.07) is 14.1. The van der Waals surface area contributed by atoms with Gasteiger partial charge in [-0.3, -0.25) is 4.79 Å². The van der Waals surface area contributed by atoms with Gasteiger partial charge in [-0.25, -0.2) is 8.42 Å². The Kier molecular flexibility index (Phi) is 7.01. The third-order valence-electron chi connectivity index (χ3n) is 5.82. The zero-order valence-electron chi connectivity index (χ0n) is 17.9. The predicted octanol–water partition coefficient (Wildman–Crippen LogP) is 5.28. The summed E-state index contributed by atoms with van der Waals surface area (Å²) in [6.45, 7) is 0.682. The van der Waals surface area contributed by atoms with Gasteiger partial charge in [-0.1, -0.05) is 53.6 Å². The van der Waals surface area contributed by atoms with Gasteiger partial charge in [-0.2, -0.15) is 0 Å². The van der Waals surface area contributed by atoms with Crippen molar-refractivity contribution in [3.05, 3.63) is 77.0 Å². The molecule has 0 fully saturated rings. The Morgan fingerprint density at radius 2 is 1.84 bits per heavy atom. The molecule has 5 nitrogen and oxygen atoms in total. The molecule has 0 saturated carbocycles.